The largest absolute Gasteiger partial charge is 0.490 e. The van der Waals surface area contributed by atoms with Crippen LogP contribution in [-0.4, -0.2) is 22.9 Å². The molecule has 2 saturated carbocycles. The fraction of sp³-hybridized carbons (Fsp3) is 0.450. The van der Waals surface area contributed by atoms with Gasteiger partial charge in [-0.15, -0.1) is 11.3 Å². The van der Waals surface area contributed by atoms with Gasteiger partial charge >= 0.3 is 0 Å². The predicted molar refractivity (Wildman–Crippen MR) is 105 cm³/mol. The van der Waals surface area contributed by atoms with E-state index in [1.54, 1.807) is 0 Å². The molecular formula is C20H23N3O3S. The number of hydrogen-bond acceptors (Lipinski definition) is 5. The molecule has 2 N–H and O–H groups in total. The highest BCUT2D eigenvalue weighted by atomic mass is 32.1. The number of benzene rings is 1. The van der Waals surface area contributed by atoms with Gasteiger partial charge in [0.15, 0.2) is 5.13 Å². The van der Waals surface area contributed by atoms with E-state index >= 15 is 0 Å². The molecule has 142 valence electrons. The summed E-state index contributed by atoms with van der Waals surface area (Å²) in [5, 5.41) is 8.07. The molecular weight excluding hydrogens is 362 g/mol. The molecule has 0 bridgehead atoms. The van der Waals surface area contributed by atoms with Gasteiger partial charge in [-0.05, 0) is 50.7 Å². The number of ether oxygens (including phenoxy) is 1. The second-order valence-electron chi connectivity index (χ2n) is 7.18. The number of amides is 2. The summed E-state index contributed by atoms with van der Waals surface area (Å²) in [5.74, 6) is 0.815. The third-order valence-electron chi connectivity index (χ3n) is 4.79. The van der Waals surface area contributed by atoms with E-state index in [0.717, 1.165) is 31.4 Å². The van der Waals surface area contributed by atoms with Crippen LogP contribution in [0.3, 0.4) is 0 Å². The molecule has 2 aliphatic rings. The van der Waals surface area contributed by atoms with Gasteiger partial charge in [-0.2, -0.15) is 0 Å². The summed E-state index contributed by atoms with van der Waals surface area (Å²) in [6.45, 7) is 0. The highest BCUT2D eigenvalue weighted by Crippen LogP contribution is 2.30. The number of anilines is 2. The van der Waals surface area contributed by atoms with Crippen molar-refractivity contribution < 1.29 is 14.3 Å². The Morgan fingerprint density at radius 3 is 2.74 bits per heavy atom. The summed E-state index contributed by atoms with van der Waals surface area (Å²) in [7, 11) is 0. The minimum atomic E-state index is -0.140. The lowest BCUT2D eigenvalue weighted by Gasteiger charge is -2.14. The molecule has 2 fully saturated rings. The van der Waals surface area contributed by atoms with Crippen LogP contribution < -0.4 is 15.4 Å². The standard InChI is InChI=1S/C20H23N3O3S/c24-18(11-15-12-27-20(22-15)23-19(25)13-8-9-13)21-14-4-3-7-17(10-14)26-16-5-1-2-6-16/h3-4,7,10,12-13,16H,1-2,5-6,8-9,11H2,(H,21,24)(H,22,23,25). The quantitative estimate of drug-likeness (QED) is 0.755. The Hall–Kier alpha value is -2.41. The Morgan fingerprint density at radius 2 is 1.96 bits per heavy atom. The number of aromatic nitrogens is 1. The molecule has 2 amide bonds. The van der Waals surface area contributed by atoms with Gasteiger partial charge in [0.05, 0.1) is 18.2 Å². The maximum Gasteiger partial charge on any atom is 0.230 e. The zero-order chi connectivity index (χ0) is 18.6. The fourth-order valence-corrected chi connectivity index (χ4v) is 3.93. The molecule has 7 heteroatoms. The predicted octanol–water partition coefficient (Wildman–Crippen LogP) is 3.99. The molecule has 4 rings (SSSR count). The summed E-state index contributed by atoms with van der Waals surface area (Å²) in [5.41, 5.74) is 1.37. The highest BCUT2D eigenvalue weighted by molar-refractivity contribution is 7.13. The van der Waals surface area contributed by atoms with E-state index in [9.17, 15) is 9.59 Å². The van der Waals surface area contributed by atoms with Crippen molar-refractivity contribution in [2.24, 2.45) is 5.92 Å². The van der Waals surface area contributed by atoms with Gasteiger partial charge in [-0.3, -0.25) is 9.59 Å². The number of thiazole rings is 1. The van der Waals surface area contributed by atoms with E-state index in [1.165, 1.54) is 24.2 Å². The number of carbonyl (C=O) groups is 2. The van der Waals surface area contributed by atoms with Crippen LogP contribution in [-0.2, 0) is 16.0 Å². The number of nitrogens with one attached hydrogen (secondary N) is 2. The monoisotopic (exact) mass is 385 g/mol. The molecule has 0 radical (unpaired) electrons. The topological polar surface area (TPSA) is 80.3 Å². The Labute approximate surface area is 162 Å². The third-order valence-corrected chi connectivity index (χ3v) is 5.60. The summed E-state index contributed by atoms with van der Waals surface area (Å²) in [6, 6.07) is 7.51. The lowest BCUT2D eigenvalue weighted by molar-refractivity contribution is -0.117. The van der Waals surface area contributed by atoms with Crippen LogP contribution in [0.1, 0.15) is 44.2 Å². The second-order valence-corrected chi connectivity index (χ2v) is 8.04. The van der Waals surface area contributed by atoms with Crippen molar-refractivity contribution in [2.45, 2.75) is 51.0 Å². The van der Waals surface area contributed by atoms with E-state index in [-0.39, 0.29) is 30.3 Å². The van der Waals surface area contributed by atoms with Crippen molar-refractivity contribution >= 4 is 34.0 Å². The van der Waals surface area contributed by atoms with E-state index in [4.69, 9.17) is 4.74 Å². The molecule has 2 aliphatic carbocycles. The van der Waals surface area contributed by atoms with E-state index in [1.807, 2.05) is 29.6 Å². The van der Waals surface area contributed by atoms with Crippen LogP contribution in [0.2, 0.25) is 0 Å². The average Bonchev–Trinajstić information content (AvgIpc) is 3.22. The molecule has 1 heterocycles. The molecule has 1 aromatic carbocycles. The molecule has 1 aromatic heterocycles. The number of carbonyl (C=O) groups excluding carboxylic acids is 2. The molecule has 2 aromatic rings. The average molecular weight is 385 g/mol. The van der Waals surface area contributed by atoms with Crippen LogP contribution in [0.25, 0.3) is 0 Å². The minimum absolute atomic E-state index is 0.0272. The SMILES string of the molecule is O=C(Cc1csc(NC(=O)C2CC2)n1)Nc1cccc(OC2CCCC2)c1. The van der Waals surface area contributed by atoms with Crippen LogP contribution in [0, 0.1) is 5.92 Å². The number of nitrogens with zero attached hydrogens (tertiary/aromatic N) is 1. The lowest BCUT2D eigenvalue weighted by atomic mass is 10.2. The first kappa shape index (κ1) is 18.0. The first-order chi connectivity index (χ1) is 13.2. The second kappa shape index (κ2) is 8.08. The van der Waals surface area contributed by atoms with Crippen LogP contribution >= 0.6 is 11.3 Å². The molecule has 0 unspecified atom stereocenters. The Bertz CT molecular complexity index is 825. The normalized spacial score (nSPS) is 16.9. The Balaban J connectivity index is 1.30. The zero-order valence-electron chi connectivity index (χ0n) is 15.1. The first-order valence-corrected chi connectivity index (χ1v) is 10.4. The third kappa shape index (κ3) is 5.07. The molecule has 6 nitrogen and oxygen atoms in total. The van der Waals surface area contributed by atoms with E-state index in [2.05, 4.69) is 15.6 Å². The molecule has 27 heavy (non-hydrogen) atoms. The summed E-state index contributed by atoms with van der Waals surface area (Å²) in [6.07, 6.45) is 7.00. The summed E-state index contributed by atoms with van der Waals surface area (Å²) in [4.78, 5) is 28.4. The molecule has 0 saturated heterocycles. The first-order valence-electron chi connectivity index (χ1n) is 9.47. The van der Waals surface area contributed by atoms with Crippen molar-refractivity contribution in [1.29, 1.82) is 0 Å². The van der Waals surface area contributed by atoms with Gasteiger partial charge in [0.2, 0.25) is 11.8 Å². The van der Waals surface area contributed by atoms with Crippen LogP contribution in [0.4, 0.5) is 10.8 Å². The van der Waals surface area contributed by atoms with Gasteiger partial charge in [-0.1, -0.05) is 6.07 Å². The van der Waals surface area contributed by atoms with E-state index in [0.29, 0.717) is 16.5 Å². The smallest absolute Gasteiger partial charge is 0.230 e. The number of hydrogen-bond donors (Lipinski definition) is 2. The fourth-order valence-electron chi connectivity index (χ4n) is 3.21. The van der Waals surface area contributed by atoms with Crippen LogP contribution in [0.15, 0.2) is 29.6 Å². The summed E-state index contributed by atoms with van der Waals surface area (Å²) < 4.78 is 5.98. The van der Waals surface area contributed by atoms with Gasteiger partial charge < -0.3 is 15.4 Å². The van der Waals surface area contributed by atoms with Crippen molar-refractivity contribution in [2.75, 3.05) is 10.6 Å². The number of rotatable bonds is 7. The van der Waals surface area contributed by atoms with E-state index < -0.39 is 0 Å². The summed E-state index contributed by atoms with van der Waals surface area (Å²) >= 11 is 1.35. The van der Waals surface area contributed by atoms with Crippen molar-refractivity contribution in [3.63, 3.8) is 0 Å². The van der Waals surface area contributed by atoms with Crippen molar-refractivity contribution in [3.05, 3.63) is 35.3 Å². The van der Waals surface area contributed by atoms with Crippen LogP contribution in [0.5, 0.6) is 5.75 Å². The maximum absolute atomic E-state index is 12.3. The molecule has 0 aliphatic heterocycles. The zero-order valence-corrected chi connectivity index (χ0v) is 15.9. The maximum atomic E-state index is 12.3. The highest BCUT2D eigenvalue weighted by Gasteiger charge is 2.30. The minimum Gasteiger partial charge on any atom is -0.490 e. The van der Waals surface area contributed by atoms with Crippen molar-refractivity contribution in [3.8, 4) is 5.75 Å². The molecule has 0 spiro atoms. The van der Waals surface area contributed by atoms with Gasteiger partial charge in [0.25, 0.3) is 0 Å². The van der Waals surface area contributed by atoms with Gasteiger partial charge in [0.1, 0.15) is 5.75 Å². The van der Waals surface area contributed by atoms with Crippen molar-refractivity contribution in [1.82, 2.24) is 4.98 Å². The van der Waals surface area contributed by atoms with Gasteiger partial charge in [-0.25, -0.2) is 4.98 Å². The Morgan fingerprint density at radius 1 is 1.15 bits per heavy atom. The Kier molecular flexibility index (Phi) is 5.38. The van der Waals surface area contributed by atoms with Gasteiger partial charge in [0, 0.05) is 23.1 Å². The molecule has 0 atom stereocenters. The lowest BCUT2D eigenvalue weighted by Crippen LogP contribution is -2.16.